The lowest BCUT2D eigenvalue weighted by atomic mass is 10.1. The van der Waals surface area contributed by atoms with Crippen LogP contribution in [0.3, 0.4) is 0 Å². The molecule has 0 aromatic heterocycles. The second-order valence-electron chi connectivity index (χ2n) is 6.87. The number of imide groups is 1. The molecule has 2 aromatic carbocycles. The highest BCUT2D eigenvalue weighted by Crippen LogP contribution is 2.31. The number of rotatable bonds is 7. The smallest absolute Gasteiger partial charge is 0.417 e. The Bertz CT molecular complexity index is 846. The Morgan fingerprint density at radius 2 is 1.89 bits per heavy atom. The molecule has 0 saturated carbocycles. The molecule has 1 atom stereocenters. The van der Waals surface area contributed by atoms with E-state index in [9.17, 15) is 9.59 Å². The van der Waals surface area contributed by atoms with Crippen molar-refractivity contribution in [1.29, 1.82) is 0 Å². The first-order valence-corrected chi connectivity index (χ1v) is 10.4. The standard InChI is InChI=1S/C23H25NO3S/c1-3-4-10-21(28-20-13-11-17(2)12-14-20)22(25)24-19(16-27-23(24)26)15-18-8-6-5-7-9-18/h5-14,19H,3-4,15-16H2,1-2H3/b21-10-/t19-/m0/s1. The molecule has 28 heavy (non-hydrogen) atoms. The van der Waals surface area contributed by atoms with E-state index in [0.717, 1.165) is 23.3 Å². The number of benzene rings is 2. The summed E-state index contributed by atoms with van der Waals surface area (Å²) >= 11 is 1.40. The number of hydrogen-bond acceptors (Lipinski definition) is 4. The minimum Gasteiger partial charge on any atom is -0.447 e. The molecule has 4 nitrogen and oxygen atoms in total. The van der Waals surface area contributed by atoms with E-state index in [0.29, 0.717) is 11.3 Å². The van der Waals surface area contributed by atoms with E-state index in [2.05, 4.69) is 6.92 Å². The van der Waals surface area contributed by atoms with Crippen LogP contribution in [-0.4, -0.2) is 29.5 Å². The molecule has 146 valence electrons. The molecule has 1 aliphatic heterocycles. The van der Waals surface area contributed by atoms with Crippen molar-refractivity contribution in [2.75, 3.05) is 6.61 Å². The third-order valence-electron chi connectivity index (χ3n) is 4.57. The Morgan fingerprint density at radius 3 is 2.57 bits per heavy atom. The van der Waals surface area contributed by atoms with E-state index in [4.69, 9.17) is 4.74 Å². The van der Waals surface area contributed by atoms with E-state index in [1.165, 1.54) is 22.2 Å². The van der Waals surface area contributed by atoms with Crippen molar-refractivity contribution in [3.8, 4) is 0 Å². The van der Waals surface area contributed by atoms with Crippen LogP contribution < -0.4 is 0 Å². The maximum absolute atomic E-state index is 13.3. The fourth-order valence-electron chi connectivity index (χ4n) is 3.05. The lowest BCUT2D eigenvalue weighted by Crippen LogP contribution is -2.40. The molecule has 1 saturated heterocycles. The second kappa shape index (κ2) is 9.60. The normalized spacial score (nSPS) is 16.9. The number of carbonyl (C=O) groups excluding carboxylic acids is 2. The van der Waals surface area contributed by atoms with Gasteiger partial charge in [-0.25, -0.2) is 9.69 Å². The van der Waals surface area contributed by atoms with Crippen LogP contribution in [0.2, 0.25) is 0 Å². The van der Waals surface area contributed by atoms with Gasteiger partial charge in [-0.3, -0.25) is 4.79 Å². The number of allylic oxidation sites excluding steroid dienone is 1. The van der Waals surface area contributed by atoms with Gasteiger partial charge in [0, 0.05) is 4.90 Å². The Morgan fingerprint density at radius 1 is 1.18 bits per heavy atom. The molecule has 1 aliphatic rings. The van der Waals surface area contributed by atoms with Crippen LogP contribution in [0.15, 0.2) is 70.5 Å². The minimum atomic E-state index is -0.558. The van der Waals surface area contributed by atoms with Gasteiger partial charge in [0.05, 0.1) is 10.9 Å². The van der Waals surface area contributed by atoms with Gasteiger partial charge in [0.1, 0.15) is 6.61 Å². The fourth-order valence-corrected chi connectivity index (χ4v) is 3.96. The summed E-state index contributed by atoms with van der Waals surface area (Å²) < 4.78 is 5.22. The van der Waals surface area contributed by atoms with Gasteiger partial charge < -0.3 is 4.74 Å². The molecule has 5 heteroatoms. The van der Waals surface area contributed by atoms with Crippen LogP contribution in [0, 0.1) is 6.92 Å². The first-order chi connectivity index (χ1) is 13.6. The zero-order valence-electron chi connectivity index (χ0n) is 16.3. The molecule has 2 aromatic rings. The minimum absolute atomic E-state index is 0.232. The number of hydrogen-bond donors (Lipinski definition) is 0. The molecule has 1 fully saturated rings. The Balaban J connectivity index is 1.81. The summed E-state index contributed by atoms with van der Waals surface area (Å²) in [6, 6.07) is 17.6. The van der Waals surface area contributed by atoms with Crippen LogP contribution in [0.25, 0.3) is 0 Å². The fraction of sp³-hybridized carbons (Fsp3) is 0.304. The van der Waals surface area contributed by atoms with Crippen molar-refractivity contribution in [3.63, 3.8) is 0 Å². The van der Waals surface area contributed by atoms with Gasteiger partial charge in [0.2, 0.25) is 0 Å². The maximum atomic E-state index is 13.3. The number of thioether (sulfide) groups is 1. The van der Waals surface area contributed by atoms with Gasteiger partial charge in [-0.15, -0.1) is 0 Å². The lowest BCUT2D eigenvalue weighted by molar-refractivity contribution is -0.124. The van der Waals surface area contributed by atoms with Crippen molar-refractivity contribution < 1.29 is 14.3 Å². The molecule has 0 aliphatic carbocycles. The lowest BCUT2D eigenvalue weighted by Gasteiger charge is -2.21. The average Bonchev–Trinajstić information content (AvgIpc) is 3.07. The summed E-state index contributed by atoms with van der Waals surface area (Å²) in [5.41, 5.74) is 2.25. The van der Waals surface area contributed by atoms with Crippen LogP contribution in [0.1, 0.15) is 30.9 Å². The first kappa shape index (κ1) is 20.2. The summed E-state index contributed by atoms with van der Waals surface area (Å²) in [6.45, 7) is 4.33. The third-order valence-corrected chi connectivity index (χ3v) is 5.64. The molecular weight excluding hydrogens is 370 g/mol. The predicted molar refractivity (Wildman–Crippen MR) is 112 cm³/mol. The zero-order valence-corrected chi connectivity index (χ0v) is 17.1. The van der Waals surface area contributed by atoms with E-state index in [1.54, 1.807) is 0 Å². The Hall–Kier alpha value is -2.53. The molecule has 0 radical (unpaired) electrons. The number of unbranched alkanes of at least 4 members (excludes halogenated alkanes) is 1. The molecule has 1 heterocycles. The molecule has 3 rings (SSSR count). The third kappa shape index (κ3) is 5.04. The number of ether oxygens (including phenoxy) is 1. The molecule has 0 unspecified atom stereocenters. The Kier molecular flexibility index (Phi) is 6.93. The topological polar surface area (TPSA) is 46.6 Å². The van der Waals surface area contributed by atoms with E-state index < -0.39 is 6.09 Å². The quantitative estimate of drug-likeness (QED) is 0.468. The monoisotopic (exact) mass is 395 g/mol. The van der Waals surface area contributed by atoms with Crippen molar-refractivity contribution in [3.05, 3.63) is 76.7 Å². The molecule has 0 bridgehead atoms. The number of nitrogens with zero attached hydrogens (tertiary/aromatic N) is 1. The van der Waals surface area contributed by atoms with E-state index in [1.807, 2.05) is 67.6 Å². The zero-order chi connectivity index (χ0) is 19.9. The van der Waals surface area contributed by atoms with Crippen molar-refractivity contribution >= 4 is 23.8 Å². The molecule has 2 amide bonds. The summed E-state index contributed by atoms with van der Waals surface area (Å²) in [5, 5.41) is 0. The van der Waals surface area contributed by atoms with Gasteiger partial charge in [-0.1, -0.05) is 79.2 Å². The predicted octanol–water partition coefficient (Wildman–Crippen LogP) is 5.36. The highest BCUT2D eigenvalue weighted by atomic mass is 32.2. The summed E-state index contributed by atoms with van der Waals surface area (Å²) in [7, 11) is 0. The van der Waals surface area contributed by atoms with Gasteiger partial charge in [-0.2, -0.15) is 0 Å². The van der Waals surface area contributed by atoms with Crippen molar-refractivity contribution in [2.24, 2.45) is 0 Å². The van der Waals surface area contributed by atoms with E-state index in [-0.39, 0.29) is 18.6 Å². The molecule has 0 spiro atoms. The number of amides is 2. The van der Waals surface area contributed by atoms with Gasteiger partial charge in [0.25, 0.3) is 5.91 Å². The van der Waals surface area contributed by atoms with E-state index >= 15 is 0 Å². The van der Waals surface area contributed by atoms with Gasteiger partial charge >= 0.3 is 6.09 Å². The van der Waals surface area contributed by atoms with Crippen LogP contribution in [-0.2, 0) is 16.0 Å². The summed E-state index contributed by atoms with van der Waals surface area (Å²) in [6.07, 6.45) is 3.68. The van der Waals surface area contributed by atoms with Crippen molar-refractivity contribution in [2.45, 2.75) is 44.0 Å². The molecular formula is C23H25NO3S. The van der Waals surface area contributed by atoms with Gasteiger partial charge in [-0.05, 0) is 37.5 Å². The largest absolute Gasteiger partial charge is 0.447 e. The number of carbonyl (C=O) groups is 2. The average molecular weight is 396 g/mol. The highest BCUT2D eigenvalue weighted by Gasteiger charge is 2.39. The summed E-state index contributed by atoms with van der Waals surface area (Å²) in [5.74, 6) is -0.276. The van der Waals surface area contributed by atoms with Gasteiger partial charge in [0.15, 0.2) is 0 Å². The van der Waals surface area contributed by atoms with Crippen LogP contribution >= 0.6 is 11.8 Å². The maximum Gasteiger partial charge on any atom is 0.417 e. The number of cyclic esters (lactones) is 1. The van der Waals surface area contributed by atoms with Crippen LogP contribution in [0.5, 0.6) is 0 Å². The first-order valence-electron chi connectivity index (χ1n) is 9.57. The highest BCUT2D eigenvalue weighted by molar-refractivity contribution is 8.04. The van der Waals surface area contributed by atoms with Crippen molar-refractivity contribution in [1.82, 2.24) is 4.90 Å². The Labute approximate surface area is 170 Å². The SMILES string of the molecule is CCC/C=C(\Sc1ccc(C)cc1)C(=O)N1C(=O)OC[C@@H]1Cc1ccccc1. The summed E-state index contributed by atoms with van der Waals surface area (Å²) in [4.78, 5) is 28.4. The molecule has 0 N–H and O–H groups in total. The van der Waals surface area contributed by atoms with Crippen LogP contribution in [0.4, 0.5) is 4.79 Å². The second-order valence-corrected chi connectivity index (χ2v) is 7.98. The number of aryl methyl sites for hydroxylation is 1.